The largest absolute Gasteiger partial charge is 0.496 e. The van der Waals surface area contributed by atoms with E-state index in [0.29, 0.717) is 11.3 Å². The smallest absolute Gasteiger partial charge is 0.416 e. The minimum atomic E-state index is -4.54. The Hall–Kier alpha value is -3.79. The predicted molar refractivity (Wildman–Crippen MR) is 156 cm³/mol. The molecule has 0 saturated heterocycles. The van der Waals surface area contributed by atoms with Gasteiger partial charge in [-0.05, 0) is 77.1 Å². The van der Waals surface area contributed by atoms with E-state index in [2.05, 4.69) is 51.6 Å². The number of fused-ring (bicyclic) bond motifs is 1. The van der Waals surface area contributed by atoms with Gasteiger partial charge in [0.25, 0.3) is 15.9 Å². The third-order valence-corrected chi connectivity index (χ3v) is 8.17. The van der Waals surface area contributed by atoms with Crippen LogP contribution in [-0.4, -0.2) is 21.4 Å². The summed E-state index contributed by atoms with van der Waals surface area (Å²) in [6, 6.07) is 11.8. The summed E-state index contributed by atoms with van der Waals surface area (Å²) >= 11 is 0. The van der Waals surface area contributed by atoms with Crippen LogP contribution in [0.15, 0.2) is 59.5 Å². The summed E-state index contributed by atoms with van der Waals surface area (Å²) in [5, 5.41) is 2.77. The van der Waals surface area contributed by atoms with E-state index in [1.54, 1.807) is 13.2 Å². The second kappa shape index (κ2) is 10.2. The molecule has 1 aliphatic rings. The van der Waals surface area contributed by atoms with Gasteiger partial charge in [-0.15, -0.1) is 0 Å². The van der Waals surface area contributed by atoms with Crippen molar-refractivity contribution in [1.29, 1.82) is 0 Å². The van der Waals surface area contributed by atoms with E-state index < -0.39 is 21.8 Å². The number of methoxy groups -OCH3 is 1. The van der Waals surface area contributed by atoms with Crippen LogP contribution in [0.4, 0.5) is 24.5 Å². The fourth-order valence-electron chi connectivity index (χ4n) is 4.65. The van der Waals surface area contributed by atoms with Gasteiger partial charge in [-0.1, -0.05) is 41.5 Å². The van der Waals surface area contributed by atoms with Crippen molar-refractivity contribution < 1.29 is 31.1 Å². The molecule has 1 aliphatic heterocycles. The van der Waals surface area contributed by atoms with Crippen LogP contribution in [0.25, 0.3) is 11.6 Å². The van der Waals surface area contributed by atoms with Crippen molar-refractivity contribution in [2.24, 2.45) is 0 Å². The van der Waals surface area contributed by atoms with Crippen LogP contribution in [0.5, 0.6) is 5.75 Å². The van der Waals surface area contributed by atoms with E-state index in [1.807, 2.05) is 12.1 Å². The molecule has 1 heterocycles. The van der Waals surface area contributed by atoms with Gasteiger partial charge in [-0.3, -0.25) is 9.52 Å². The standard InChI is InChI=1S/C31H33F3N2O4S/c1-29(2,3)24-15-18(16-25(27(24)40-7)30(4,5)6)14-23-22-17-21(12-13-26(22)35-28(23)37)41(38,39)36-20-10-8-19(9-11-20)31(32,33)34/h8-17,36H,1-7H3,(H,35,37). The molecule has 0 radical (unpaired) electrons. The van der Waals surface area contributed by atoms with Crippen LogP contribution in [0.3, 0.4) is 0 Å². The number of rotatable bonds is 5. The highest BCUT2D eigenvalue weighted by molar-refractivity contribution is 7.92. The number of carbonyl (C=O) groups is 1. The Morgan fingerprint density at radius 2 is 1.41 bits per heavy atom. The molecule has 0 atom stereocenters. The van der Waals surface area contributed by atoms with Crippen molar-refractivity contribution in [3.05, 3.63) is 82.4 Å². The molecule has 0 aromatic heterocycles. The quantitative estimate of drug-likeness (QED) is 0.302. The number of hydrogen-bond donors (Lipinski definition) is 2. The monoisotopic (exact) mass is 586 g/mol. The first kappa shape index (κ1) is 30.2. The molecule has 0 fully saturated rings. The zero-order valence-corrected chi connectivity index (χ0v) is 24.8. The highest BCUT2D eigenvalue weighted by Crippen LogP contribution is 2.42. The number of alkyl halides is 3. The lowest BCUT2D eigenvalue weighted by atomic mass is 9.78. The van der Waals surface area contributed by atoms with Gasteiger partial charge in [0.15, 0.2) is 0 Å². The SMILES string of the molecule is COc1c(C(C)(C)C)cc(C=C2C(=O)Nc3ccc(S(=O)(=O)Nc4ccc(C(F)(F)F)cc4)cc32)cc1C(C)(C)C. The first-order chi connectivity index (χ1) is 18.8. The lowest BCUT2D eigenvalue weighted by Gasteiger charge is -2.29. The first-order valence-electron chi connectivity index (χ1n) is 12.9. The summed E-state index contributed by atoms with van der Waals surface area (Å²) in [4.78, 5) is 12.9. The predicted octanol–water partition coefficient (Wildman–Crippen LogP) is 7.60. The lowest BCUT2D eigenvalue weighted by Crippen LogP contribution is -2.19. The van der Waals surface area contributed by atoms with Gasteiger partial charge in [0.2, 0.25) is 0 Å². The summed E-state index contributed by atoms with van der Waals surface area (Å²) in [5.41, 5.74) is 2.40. The average molecular weight is 587 g/mol. The molecule has 4 rings (SSSR count). The number of nitrogens with one attached hydrogen (secondary N) is 2. The fourth-order valence-corrected chi connectivity index (χ4v) is 5.74. The van der Waals surface area contributed by atoms with Crippen molar-refractivity contribution in [3.8, 4) is 5.75 Å². The average Bonchev–Trinajstić information content (AvgIpc) is 3.16. The van der Waals surface area contributed by atoms with Gasteiger partial charge in [0, 0.05) is 33.6 Å². The number of carbonyl (C=O) groups excluding carboxylic acids is 1. The van der Waals surface area contributed by atoms with Gasteiger partial charge in [-0.2, -0.15) is 13.2 Å². The second-order valence-corrected chi connectivity index (χ2v) is 13.7. The van der Waals surface area contributed by atoms with E-state index in [-0.39, 0.29) is 32.9 Å². The molecular formula is C31H33F3N2O4S. The van der Waals surface area contributed by atoms with E-state index in [1.165, 1.54) is 18.2 Å². The first-order valence-corrected chi connectivity index (χ1v) is 14.4. The van der Waals surface area contributed by atoms with Crippen molar-refractivity contribution in [3.63, 3.8) is 0 Å². The highest BCUT2D eigenvalue weighted by Gasteiger charge is 2.31. The zero-order valence-electron chi connectivity index (χ0n) is 23.9. The van der Waals surface area contributed by atoms with E-state index >= 15 is 0 Å². The Labute approximate surface area is 238 Å². The maximum absolute atomic E-state index is 13.1. The molecule has 2 N–H and O–H groups in total. The number of sulfonamides is 1. The van der Waals surface area contributed by atoms with Crippen molar-refractivity contribution in [1.82, 2.24) is 0 Å². The van der Waals surface area contributed by atoms with E-state index in [9.17, 15) is 26.4 Å². The third kappa shape index (κ3) is 6.27. The molecular weight excluding hydrogens is 553 g/mol. The summed E-state index contributed by atoms with van der Waals surface area (Å²) < 4.78 is 73.1. The molecule has 3 aromatic rings. The second-order valence-electron chi connectivity index (χ2n) is 12.0. The summed E-state index contributed by atoms with van der Waals surface area (Å²) in [7, 11) is -2.53. The van der Waals surface area contributed by atoms with Gasteiger partial charge < -0.3 is 10.1 Å². The Balaban J connectivity index is 1.77. The molecule has 0 unspecified atom stereocenters. The molecule has 6 nitrogen and oxygen atoms in total. The van der Waals surface area contributed by atoms with Gasteiger partial charge in [-0.25, -0.2) is 8.42 Å². The molecule has 0 saturated carbocycles. The van der Waals surface area contributed by atoms with Crippen molar-refractivity contribution >= 4 is 39.0 Å². The van der Waals surface area contributed by atoms with Crippen LogP contribution in [0.1, 0.15) is 69.4 Å². The number of ether oxygens (including phenoxy) is 1. The van der Waals surface area contributed by atoms with Crippen LogP contribution in [0.2, 0.25) is 0 Å². The third-order valence-electron chi connectivity index (χ3n) is 6.79. The van der Waals surface area contributed by atoms with Crippen LogP contribution >= 0.6 is 0 Å². The van der Waals surface area contributed by atoms with Crippen LogP contribution < -0.4 is 14.8 Å². The maximum atomic E-state index is 13.1. The topological polar surface area (TPSA) is 84.5 Å². The lowest BCUT2D eigenvalue weighted by molar-refractivity contribution is -0.137. The highest BCUT2D eigenvalue weighted by atomic mass is 32.2. The maximum Gasteiger partial charge on any atom is 0.416 e. The molecule has 41 heavy (non-hydrogen) atoms. The van der Waals surface area contributed by atoms with Gasteiger partial charge in [0.1, 0.15) is 5.75 Å². The Morgan fingerprint density at radius 3 is 1.90 bits per heavy atom. The number of anilines is 2. The molecule has 0 aliphatic carbocycles. The minimum Gasteiger partial charge on any atom is -0.496 e. The number of amides is 1. The molecule has 218 valence electrons. The summed E-state index contributed by atoms with van der Waals surface area (Å²) in [6.07, 6.45) is -2.81. The number of halogens is 3. The molecule has 0 bridgehead atoms. The Bertz CT molecular complexity index is 1610. The van der Waals surface area contributed by atoms with E-state index in [0.717, 1.165) is 46.7 Å². The Morgan fingerprint density at radius 1 is 0.854 bits per heavy atom. The van der Waals surface area contributed by atoms with Gasteiger partial charge >= 0.3 is 6.18 Å². The fraction of sp³-hybridized carbons (Fsp3) is 0.323. The molecule has 10 heteroatoms. The van der Waals surface area contributed by atoms with Crippen molar-refractivity contribution in [2.45, 2.75) is 63.4 Å². The van der Waals surface area contributed by atoms with E-state index in [4.69, 9.17) is 4.74 Å². The normalized spacial score (nSPS) is 15.1. The van der Waals surface area contributed by atoms with Gasteiger partial charge in [0.05, 0.1) is 17.6 Å². The summed E-state index contributed by atoms with van der Waals surface area (Å²) in [5.74, 6) is 0.404. The summed E-state index contributed by atoms with van der Waals surface area (Å²) in [6.45, 7) is 12.5. The van der Waals surface area contributed by atoms with Crippen LogP contribution in [0, 0.1) is 0 Å². The molecule has 0 spiro atoms. The Kier molecular flexibility index (Phi) is 7.54. The zero-order chi connectivity index (χ0) is 30.5. The van der Waals surface area contributed by atoms with Crippen LogP contribution in [-0.2, 0) is 31.8 Å². The van der Waals surface area contributed by atoms with Crippen molar-refractivity contribution in [2.75, 3.05) is 17.1 Å². The molecule has 3 aromatic carbocycles. The number of hydrogen-bond acceptors (Lipinski definition) is 4. The number of benzene rings is 3. The molecule has 1 amide bonds. The minimum absolute atomic E-state index is 0.0221.